The van der Waals surface area contributed by atoms with Crippen molar-refractivity contribution in [2.24, 2.45) is 17.4 Å². The monoisotopic (exact) mass is 218 g/mol. The van der Waals surface area contributed by atoms with E-state index in [1.807, 2.05) is 13.8 Å². The van der Waals surface area contributed by atoms with Gasteiger partial charge in [0.2, 0.25) is 0 Å². The lowest BCUT2D eigenvalue weighted by Crippen LogP contribution is -2.48. The molecule has 14 heavy (non-hydrogen) atoms. The van der Waals surface area contributed by atoms with Crippen molar-refractivity contribution in [1.82, 2.24) is 0 Å². The van der Waals surface area contributed by atoms with Crippen LogP contribution < -0.4 is 11.5 Å². The van der Waals surface area contributed by atoms with Crippen LogP contribution in [0.1, 0.15) is 33.1 Å². The van der Waals surface area contributed by atoms with Crippen molar-refractivity contribution in [3.8, 4) is 0 Å². The summed E-state index contributed by atoms with van der Waals surface area (Å²) in [6.07, 6.45) is 2.46. The molecule has 0 aromatic carbocycles. The van der Waals surface area contributed by atoms with Crippen LogP contribution in [-0.4, -0.2) is 30.5 Å². The van der Waals surface area contributed by atoms with Crippen LogP contribution in [-0.2, 0) is 0 Å². The minimum atomic E-state index is -2.53. The van der Waals surface area contributed by atoms with Crippen LogP contribution in [0.15, 0.2) is 0 Å². The lowest BCUT2D eigenvalue weighted by atomic mass is 9.96. The molecule has 0 aliphatic heterocycles. The summed E-state index contributed by atoms with van der Waals surface area (Å²) in [7, 11) is -2.53. The fraction of sp³-hybridized carbons (Fsp3) is 1.00. The number of nitrogens with two attached hydrogens (primary N) is 2. The second kappa shape index (κ2) is 4.28. The van der Waals surface area contributed by atoms with Crippen LogP contribution in [0.4, 0.5) is 0 Å². The Morgan fingerprint density at radius 2 is 2.14 bits per heavy atom. The molecule has 0 radical (unpaired) electrons. The summed E-state index contributed by atoms with van der Waals surface area (Å²) >= 11 is 0. The summed E-state index contributed by atoms with van der Waals surface area (Å²) in [5.74, 6) is 0.302. The van der Waals surface area contributed by atoms with Gasteiger partial charge in [-0.15, -0.1) is 0 Å². The van der Waals surface area contributed by atoms with E-state index in [9.17, 15) is 9.59 Å². The van der Waals surface area contributed by atoms with Crippen LogP contribution in [0.25, 0.3) is 0 Å². The quantitative estimate of drug-likeness (QED) is 0.477. The molecule has 0 aromatic heterocycles. The highest BCUT2D eigenvalue weighted by Gasteiger charge is 2.43. The largest absolute Gasteiger partial charge is 0.413 e. The fourth-order valence-corrected chi connectivity index (χ4v) is 3.71. The molecule has 0 saturated heterocycles. The van der Waals surface area contributed by atoms with E-state index in [1.165, 1.54) is 0 Å². The Balaban J connectivity index is 2.64. The summed E-state index contributed by atoms with van der Waals surface area (Å²) in [6, 6.07) is -0.00528. The fourth-order valence-electron chi connectivity index (χ4n) is 2.51. The molecule has 0 amide bonds. The summed E-state index contributed by atoms with van der Waals surface area (Å²) in [5.41, 5.74) is 11.7. The van der Waals surface area contributed by atoms with Crippen molar-refractivity contribution in [3.05, 3.63) is 0 Å². The summed E-state index contributed by atoms with van der Waals surface area (Å²) < 4.78 is 0. The van der Waals surface area contributed by atoms with Crippen molar-refractivity contribution >= 4 is 9.28 Å². The molecule has 4 atom stereocenters. The van der Waals surface area contributed by atoms with Gasteiger partial charge in [-0.3, -0.25) is 0 Å². The second-order valence-electron chi connectivity index (χ2n) is 4.80. The molecule has 0 aromatic rings. The van der Waals surface area contributed by atoms with Gasteiger partial charge in [-0.2, -0.15) is 0 Å². The third-order valence-corrected chi connectivity index (χ3v) is 5.35. The Bertz CT molecular complexity index is 199. The maximum Gasteiger partial charge on any atom is 0.319 e. The van der Waals surface area contributed by atoms with Crippen LogP contribution in [0.5, 0.6) is 0 Å². The van der Waals surface area contributed by atoms with Crippen LogP contribution >= 0.6 is 0 Å². The van der Waals surface area contributed by atoms with Crippen LogP contribution in [0.3, 0.4) is 0 Å². The van der Waals surface area contributed by atoms with Crippen LogP contribution in [0.2, 0.25) is 5.54 Å². The van der Waals surface area contributed by atoms with Gasteiger partial charge in [0.15, 0.2) is 0 Å². The molecule has 0 bridgehead atoms. The lowest BCUT2D eigenvalue weighted by molar-refractivity contribution is 0.333. The van der Waals surface area contributed by atoms with Gasteiger partial charge in [0, 0.05) is 17.1 Å². The molecule has 4 nitrogen and oxygen atoms in total. The van der Waals surface area contributed by atoms with Crippen molar-refractivity contribution in [2.75, 3.05) is 0 Å². The molecule has 84 valence electrons. The Labute approximate surface area is 87.1 Å². The first-order valence-corrected chi connectivity index (χ1v) is 6.99. The van der Waals surface area contributed by atoms with Crippen molar-refractivity contribution < 1.29 is 9.59 Å². The standard InChI is InChI=1S/C9H22N2O2Si/c1-3-7(14(12)13)6-4-8(10)9(2,11)5-6/h6-8,12-14H,3-5,10-11H2,1-2H3. The Morgan fingerprint density at radius 3 is 2.43 bits per heavy atom. The SMILES string of the molecule is CCC(C1CC(N)C(C)(N)C1)[SiH](O)O. The first kappa shape index (κ1) is 12.1. The number of hydrogen-bond acceptors (Lipinski definition) is 4. The Hall–Kier alpha value is 0.0569. The average molecular weight is 218 g/mol. The molecule has 0 spiro atoms. The van der Waals surface area contributed by atoms with E-state index in [1.54, 1.807) is 0 Å². The smallest absolute Gasteiger partial charge is 0.319 e. The Kier molecular flexibility index (Phi) is 3.71. The van der Waals surface area contributed by atoms with Gasteiger partial charge in [0.25, 0.3) is 0 Å². The first-order chi connectivity index (χ1) is 6.38. The highest BCUT2D eigenvalue weighted by molar-refractivity contribution is 6.43. The predicted octanol–water partition coefficient (Wildman–Crippen LogP) is -0.574. The molecular weight excluding hydrogens is 196 g/mol. The normalized spacial score (nSPS) is 40.5. The van der Waals surface area contributed by atoms with Gasteiger partial charge in [-0.1, -0.05) is 13.3 Å². The highest BCUT2D eigenvalue weighted by Crippen LogP contribution is 2.40. The van der Waals surface area contributed by atoms with Crippen molar-refractivity contribution in [1.29, 1.82) is 0 Å². The van der Waals surface area contributed by atoms with Gasteiger partial charge in [0.05, 0.1) is 0 Å². The number of rotatable bonds is 3. The van der Waals surface area contributed by atoms with Crippen molar-refractivity contribution in [3.63, 3.8) is 0 Å². The topological polar surface area (TPSA) is 92.5 Å². The Morgan fingerprint density at radius 1 is 1.57 bits per heavy atom. The zero-order chi connectivity index (χ0) is 10.9. The molecule has 1 rings (SSSR count). The highest BCUT2D eigenvalue weighted by atomic mass is 28.3. The first-order valence-electron chi connectivity index (χ1n) is 5.29. The van der Waals surface area contributed by atoms with E-state index in [2.05, 4.69) is 0 Å². The average Bonchev–Trinajstić information content (AvgIpc) is 2.26. The molecule has 1 aliphatic rings. The number of hydrogen-bond donors (Lipinski definition) is 4. The molecule has 5 heteroatoms. The van der Waals surface area contributed by atoms with E-state index in [4.69, 9.17) is 11.5 Å². The third-order valence-electron chi connectivity index (χ3n) is 3.57. The molecule has 1 aliphatic carbocycles. The molecule has 0 heterocycles. The molecule has 1 saturated carbocycles. The van der Waals surface area contributed by atoms with Crippen molar-refractivity contribution in [2.45, 2.75) is 50.2 Å². The molecular formula is C9H22N2O2Si. The zero-order valence-corrected chi connectivity index (χ0v) is 10.1. The van der Waals surface area contributed by atoms with E-state index in [0.717, 1.165) is 19.3 Å². The summed E-state index contributed by atoms with van der Waals surface area (Å²) in [6.45, 7) is 3.95. The van der Waals surface area contributed by atoms with E-state index in [-0.39, 0.29) is 17.1 Å². The molecule has 4 unspecified atom stereocenters. The second-order valence-corrected chi connectivity index (χ2v) is 6.48. The van der Waals surface area contributed by atoms with Gasteiger partial charge in [-0.05, 0) is 25.7 Å². The molecule has 1 fully saturated rings. The van der Waals surface area contributed by atoms with E-state index in [0.29, 0.717) is 5.92 Å². The summed E-state index contributed by atoms with van der Waals surface area (Å²) in [4.78, 5) is 18.7. The summed E-state index contributed by atoms with van der Waals surface area (Å²) in [5, 5.41) is 0. The van der Waals surface area contributed by atoms with Gasteiger partial charge < -0.3 is 21.1 Å². The third kappa shape index (κ3) is 2.35. The van der Waals surface area contributed by atoms with Gasteiger partial charge in [-0.25, -0.2) is 0 Å². The van der Waals surface area contributed by atoms with E-state index >= 15 is 0 Å². The zero-order valence-electron chi connectivity index (χ0n) is 8.98. The minimum absolute atomic E-state index is 0.00528. The van der Waals surface area contributed by atoms with Crippen LogP contribution in [0, 0.1) is 5.92 Å². The van der Waals surface area contributed by atoms with Gasteiger partial charge in [0.1, 0.15) is 0 Å². The molecule has 6 N–H and O–H groups in total. The van der Waals surface area contributed by atoms with Gasteiger partial charge >= 0.3 is 9.28 Å². The lowest BCUT2D eigenvalue weighted by Gasteiger charge is -2.24. The minimum Gasteiger partial charge on any atom is -0.413 e. The van der Waals surface area contributed by atoms with E-state index < -0.39 is 9.28 Å². The maximum atomic E-state index is 9.34. The predicted molar refractivity (Wildman–Crippen MR) is 58.9 cm³/mol. The maximum absolute atomic E-state index is 9.34.